The Hall–Kier alpha value is -0.910. The molecule has 0 saturated heterocycles. The molecule has 2 aromatic heterocycles. The molecular formula is C12H11BrN2OS. The van der Waals surface area contributed by atoms with Crippen molar-refractivity contribution >= 4 is 27.7 Å². The van der Waals surface area contributed by atoms with Crippen molar-refractivity contribution in [3.8, 4) is 0 Å². The molecule has 1 N–H and O–H groups in total. The molecule has 0 aliphatic carbocycles. The summed E-state index contributed by atoms with van der Waals surface area (Å²) in [7, 11) is 0. The van der Waals surface area contributed by atoms with Crippen LogP contribution < -0.4 is 0 Å². The summed E-state index contributed by atoms with van der Waals surface area (Å²) in [5.41, 5.74) is 0.856. The van der Waals surface area contributed by atoms with E-state index in [2.05, 4.69) is 25.9 Å². The van der Waals surface area contributed by atoms with Gasteiger partial charge in [-0.15, -0.1) is 0 Å². The fourth-order valence-electron chi connectivity index (χ4n) is 1.29. The van der Waals surface area contributed by atoms with Gasteiger partial charge >= 0.3 is 0 Å². The number of pyridine rings is 2. The summed E-state index contributed by atoms with van der Waals surface area (Å²) in [6.07, 6.45) is 2.96. The molecule has 2 aromatic rings. The molecule has 0 aliphatic heterocycles. The predicted molar refractivity (Wildman–Crippen MR) is 70.9 cm³/mol. The summed E-state index contributed by atoms with van der Waals surface area (Å²) in [6.45, 7) is 1.74. The molecule has 0 fully saturated rings. The molecule has 3 nitrogen and oxygen atoms in total. The molecule has 0 unspecified atom stereocenters. The average molecular weight is 311 g/mol. The van der Waals surface area contributed by atoms with Gasteiger partial charge in [0.25, 0.3) is 0 Å². The van der Waals surface area contributed by atoms with E-state index in [4.69, 9.17) is 0 Å². The first-order chi connectivity index (χ1) is 8.16. The standard InChI is InChI=1S/C12H11BrN2OS/c1-8(16)9-4-6-14-11(7-9)17-12-10(13)3-2-5-15-12/h2-8,16H,1H3/t8-/m0/s1. The molecule has 88 valence electrons. The maximum atomic E-state index is 9.51. The van der Waals surface area contributed by atoms with E-state index in [1.165, 1.54) is 11.8 Å². The van der Waals surface area contributed by atoms with Crippen molar-refractivity contribution in [2.24, 2.45) is 0 Å². The Morgan fingerprint density at radius 1 is 1.29 bits per heavy atom. The number of aliphatic hydroxyl groups excluding tert-OH is 1. The van der Waals surface area contributed by atoms with Crippen molar-refractivity contribution in [3.05, 3.63) is 46.7 Å². The van der Waals surface area contributed by atoms with Crippen molar-refractivity contribution < 1.29 is 5.11 Å². The third-order valence-electron chi connectivity index (χ3n) is 2.17. The van der Waals surface area contributed by atoms with E-state index >= 15 is 0 Å². The van der Waals surface area contributed by atoms with Crippen LogP contribution in [-0.4, -0.2) is 15.1 Å². The lowest BCUT2D eigenvalue weighted by Gasteiger charge is -2.06. The van der Waals surface area contributed by atoms with Crippen LogP contribution in [0.2, 0.25) is 0 Å². The molecule has 0 saturated carbocycles. The minimum atomic E-state index is -0.482. The average Bonchev–Trinajstić information content (AvgIpc) is 2.32. The van der Waals surface area contributed by atoms with Gasteiger partial charge in [0, 0.05) is 12.4 Å². The van der Waals surface area contributed by atoms with Crippen LogP contribution in [0.25, 0.3) is 0 Å². The molecule has 17 heavy (non-hydrogen) atoms. The Labute approximate surface area is 112 Å². The molecule has 2 rings (SSSR count). The highest BCUT2D eigenvalue weighted by atomic mass is 79.9. The quantitative estimate of drug-likeness (QED) is 0.943. The number of halogens is 1. The fourth-order valence-corrected chi connectivity index (χ4v) is 2.57. The second-order valence-corrected chi connectivity index (χ2v) is 5.36. The summed E-state index contributed by atoms with van der Waals surface area (Å²) in [5.74, 6) is 0. The molecule has 0 aliphatic rings. The molecule has 0 aromatic carbocycles. The number of nitrogens with zero attached hydrogens (tertiary/aromatic N) is 2. The number of aromatic nitrogens is 2. The minimum Gasteiger partial charge on any atom is -0.389 e. The van der Waals surface area contributed by atoms with Crippen LogP contribution in [0.5, 0.6) is 0 Å². The van der Waals surface area contributed by atoms with Gasteiger partial charge in [-0.1, -0.05) is 0 Å². The Morgan fingerprint density at radius 2 is 2.12 bits per heavy atom. The number of rotatable bonds is 3. The number of hydrogen-bond acceptors (Lipinski definition) is 4. The van der Waals surface area contributed by atoms with Crippen LogP contribution in [-0.2, 0) is 0 Å². The van der Waals surface area contributed by atoms with E-state index in [9.17, 15) is 5.11 Å². The van der Waals surface area contributed by atoms with Gasteiger partial charge < -0.3 is 5.11 Å². The summed E-state index contributed by atoms with van der Waals surface area (Å²) in [5, 5.41) is 11.2. The van der Waals surface area contributed by atoms with Gasteiger partial charge in [-0.3, -0.25) is 0 Å². The van der Waals surface area contributed by atoms with Crippen LogP contribution in [0.15, 0.2) is 51.2 Å². The van der Waals surface area contributed by atoms with E-state index in [0.717, 1.165) is 20.1 Å². The van der Waals surface area contributed by atoms with Crippen molar-refractivity contribution in [1.82, 2.24) is 9.97 Å². The zero-order valence-corrected chi connectivity index (χ0v) is 11.6. The predicted octanol–water partition coefficient (Wildman–Crippen LogP) is 3.44. The highest BCUT2D eigenvalue weighted by Gasteiger charge is 2.07. The van der Waals surface area contributed by atoms with Crippen LogP contribution in [0, 0.1) is 0 Å². The van der Waals surface area contributed by atoms with Gasteiger partial charge in [0.05, 0.1) is 10.6 Å². The van der Waals surface area contributed by atoms with Gasteiger partial charge in [-0.05, 0) is 64.4 Å². The van der Waals surface area contributed by atoms with Gasteiger partial charge in [0.15, 0.2) is 0 Å². The van der Waals surface area contributed by atoms with Crippen LogP contribution >= 0.6 is 27.7 Å². The second kappa shape index (κ2) is 5.62. The summed E-state index contributed by atoms with van der Waals surface area (Å²) in [6, 6.07) is 7.49. The third kappa shape index (κ3) is 3.28. The van der Waals surface area contributed by atoms with Gasteiger partial charge in [0.1, 0.15) is 10.1 Å². The van der Waals surface area contributed by atoms with Crippen molar-refractivity contribution in [2.75, 3.05) is 0 Å². The van der Waals surface area contributed by atoms with Crippen molar-refractivity contribution in [2.45, 2.75) is 23.1 Å². The molecule has 5 heteroatoms. The third-order valence-corrected chi connectivity index (χ3v) is 4.02. The Balaban J connectivity index is 2.25. The van der Waals surface area contributed by atoms with Crippen LogP contribution in [0.4, 0.5) is 0 Å². The van der Waals surface area contributed by atoms with E-state index < -0.39 is 6.10 Å². The Bertz CT molecular complexity index is 519. The maximum absolute atomic E-state index is 9.51. The maximum Gasteiger partial charge on any atom is 0.116 e. The second-order valence-electron chi connectivity index (χ2n) is 3.50. The van der Waals surface area contributed by atoms with E-state index in [1.807, 2.05) is 24.3 Å². The molecule has 0 amide bonds. The summed E-state index contributed by atoms with van der Waals surface area (Å²) in [4.78, 5) is 8.51. The van der Waals surface area contributed by atoms with Crippen LogP contribution in [0.3, 0.4) is 0 Å². The number of hydrogen-bond donors (Lipinski definition) is 1. The van der Waals surface area contributed by atoms with Gasteiger partial charge in [-0.2, -0.15) is 0 Å². The SMILES string of the molecule is C[C@H](O)c1ccnc(Sc2ncccc2Br)c1. The van der Waals surface area contributed by atoms with Gasteiger partial charge in [-0.25, -0.2) is 9.97 Å². The summed E-state index contributed by atoms with van der Waals surface area (Å²) >= 11 is 4.91. The lowest BCUT2D eigenvalue weighted by molar-refractivity contribution is 0.199. The molecule has 0 radical (unpaired) electrons. The largest absolute Gasteiger partial charge is 0.389 e. The zero-order valence-electron chi connectivity index (χ0n) is 9.17. The Kier molecular flexibility index (Phi) is 4.15. The van der Waals surface area contributed by atoms with Crippen molar-refractivity contribution in [3.63, 3.8) is 0 Å². The lowest BCUT2D eigenvalue weighted by atomic mass is 10.2. The van der Waals surface area contributed by atoms with Gasteiger partial charge in [0.2, 0.25) is 0 Å². The van der Waals surface area contributed by atoms with Crippen molar-refractivity contribution in [1.29, 1.82) is 0 Å². The molecular weight excluding hydrogens is 300 g/mol. The zero-order chi connectivity index (χ0) is 12.3. The first kappa shape index (κ1) is 12.5. The molecule has 0 spiro atoms. The molecule has 2 heterocycles. The highest BCUT2D eigenvalue weighted by Crippen LogP contribution is 2.31. The normalized spacial score (nSPS) is 12.4. The minimum absolute atomic E-state index is 0.482. The topological polar surface area (TPSA) is 46.0 Å². The monoisotopic (exact) mass is 310 g/mol. The lowest BCUT2D eigenvalue weighted by Crippen LogP contribution is -1.92. The van der Waals surface area contributed by atoms with E-state index in [-0.39, 0.29) is 0 Å². The first-order valence-corrected chi connectivity index (χ1v) is 6.70. The number of aliphatic hydroxyl groups is 1. The van der Waals surface area contributed by atoms with Crippen LogP contribution in [0.1, 0.15) is 18.6 Å². The molecule has 1 atom stereocenters. The molecule has 0 bridgehead atoms. The van der Waals surface area contributed by atoms with E-state index in [1.54, 1.807) is 19.3 Å². The Morgan fingerprint density at radius 3 is 2.82 bits per heavy atom. The summed E-state index contributed by atoms with van der Waals surface area (Å²) < 4.78 is 0.939. The van der Waals surface area contributed by atoms with E-state index in [0.29, 0.717) is 0 Å². The first-order valence-electron chi connectivity index (χ1n) is 5.09. The highest BCUT2D eigenvalue weighted by molar-refractivity contribution is 9.10. The fraction of sp³-hybridized carbons (Fsp3) is 0.167. The smallest absolute Gasteiger partial charge is 0.116 e.